The Labute approximate surface area is 91.8 Å². The van der Waals surface area contributed by atoms with E-state index >= 15 is 0 Å². The van der Waals surface area contributed by atoms with Gasteiger partial charge in [0.05, 0.1) is 12.2 Å². The van der Waals surface area contributed by atoms with Crippen LogP contribution in [0.3, 0.4) is 0 Å². The second kappa shape index (κ2) is 4.22. The minimum atomic E-state index is -0.635. The maximum absolute atomic E-state index is 11.4. The number of rotatable bonds is 4. The SMILES string of the molecule is CC(C)C(=O)C[C@@H](O)[C@H]1O[C@@H]1C(C)(C)C. The van der Waals surface area contributed by atoms with Gasteiger partial charge >= 0.3 is 0 Å². The number of epoxide rings is 1. The molecule has 1 rings (SSSR count). The number of hydrogen-bond donors (Lipinski definition) is 1. The van der Waals surface area contributed by atoms with Crippen molar-refractivity contribution < 1.29 is 14.6 Å². The lowest BCUT2D eigenvalue weighted by Crippen LogP contribution is -2.27. The van der Waals surface area contributed by atoms with Gasteiger partial charge in [-0.15, -0.1) is 0 Å². The Bertz CT molecular complexity index is 240. The van der Waals surface area contributed by atoms with E-state index in [1.54, 1.807) is 0 Å². The van der Waals surface area contributed by atoms with Gasteiger partial charge in [-0.3, -0.25) is 4.79 Å². The smallest absolute Gasteiger partial charge is 0.138 e. The molecule has 0 amide bonds. The lowest BCUT2D eigenvalue weighted by molar-refractivity contribution is -0.124. The van der Waals surface area contributed by atoms with Gasteiger partial charge in [0.15, 0.2) is 0 Å². The molecule has 0 saturated carbocycles. The molecule has 0 radical (unpaired) electrons. The lowest BCUT2D eigenvalue weighted by Gasteiger charge is -2.16. The second-order valence-corrected chi connectivity index (χ2v) is 5.78. The van der Waals surface area contributed by atoms with Gasteiger partial charge in [-0.25, -0.2) is 0 Å². The van der Waals surface area contributed by atoms with Crippen LogP contribution in [0.4, 0.5) is 0 Å². The first-order valence-electron chi connectivity index (χ1n) is 5.59. The highest BCUT2D eigenvalue weighted by Gasteiger charge is 2.51. The predicted octanol–water partition coefficient (Wildman–Crippen LogP) is 1.78. The van der Waals surface area contributed by atoms with Crippen LogP contribution in [0, 0.1) is 11.3 Å². The van der Waals surface area contributed by atoms with Crippen molar-refractivity contribution in [1.82, 2.24) is 0 Å². The van der Waals surface area contributed by atoms with E-state index in [1.165, 1.54) is 0 Å². The monoisotopic (exact) mass is 214 g/mol. The molecule has 15 heavy (non-hydrogen) atoms. The molecule has 1 aliphatic rings. The Hall–Kier alpha value is -0.410. The van der Waals surface area contributed by atoms with Crippen molar-refractivity contribution in [2.75, 3.05) is 0 Å². The molecule has 88 valence electrons. The summed E-state index contributed by atoms with van der Waals surface area (Å²) in [7, 11) is 0. The van der Waals surface area contributed by atoms with Gasteiger partial charge in [0, 0.05) is 12.3 Å². The van der Waals surface area contributed by atoms with Crippen molar-refractivity contribution in [3.63, 3.8) is 0 Å². The van der Waals surface area contributed by atoms with Crippen molar-refractivity contribution in [2.24, 2.45) is 11.3 Å². The van der Waals surface area contributed by atoms with Crippen LogP contribution < -0.4 is 0 Å². The second-order valence-electron chi connectivity index (χ2n) is 5.78. The van der Waals surface area contributed by atoms with E-state index in [1.807, 2.05) is 13.8 Å². The summed E-state index contributed by atoms with van der Waals surface area (Å²) in [5.41, 5.74) is 0.0481. The van der Waals surface area contributed by atoms with Gasteiger partial charge in [-0.2, -0.15) is 0 Å². The maximum atomic E-state index is 11.4. The number of ether oxygens (including phenoxy) is 1. The number of ketones is 1. The Balaban J connectivity index is 2.39. The van der Waals surface area contributed by atoms with Gasteiger partial charge in [-0.05, 0) is 5.41 Å². The molecule has 1 aliphatic heterocycles. The molecule has 0 spiro atoms. The zero-order valence-corrected chi connectivity index (χ0v) is 10.3. The van der Waals surface area contributed by atoms with Crippen molar-refractivity contribution >= 4 is 5.78 Å². The van der Waals surface area contributed by atoms with Gasteiger partial charge in [-0.1, -0.05) is 34.6 Å². The number of aliphatic hydroxyl groups is 1. The highest BCUT2D eigenvalue weighted by Crippen LogP contribution is 2.40. The molecule has 0 aromatic carbocycles. The van der Waals surface area contributed by atoms with Gasteiger partial charge in [0.25, 0.3) is 0 Å². The van der Waals surface area contributed by atoms with Gasteiger partial charge in [0.2, 0.25) is 0 Å². The quantitative estimate of drug-likeness (QED) is 0.726. The fourth-order valence-electron chi connectivity index (χ4n) is 1.67. The van der Waals surface area contributed by atoms with Crippen molar-refractivity contribution in [3.8, 4) is 0 Å². The molecule has 0 bridgehead atoms. The number of Topliss-reactive ketones (excluding diaryl/α,β-unsaturated/α-hetero) is 1. The van der Waals surface area contributed by atoms with Crippen LogP contribution in [-0.2, 0) is 9.53 Å². The third-order valence-electron chi connectivity index (χ3n) is 2.81. The minimum absolute atomic E-state index is 0.00788. The third kappa shape index (κ3) is 3.28. The minimum Gasteiger partial charge on any atom is -0.390 e. The van der Waals surface area contributed by atoms with Crippen LogP contribution in [0.1, 0.15) is 41.0 Å². The summed E-state index contributed by atoms with van der Waals surface area (Å²) in [6.45, 7) is 9.94. The zero-order chi connectivity index (χ0) is 11.8. The molecule has 3 atom stereocenters. The van der Waals surface area contributed by atoms with Crippen LogP contribution >= 0.6 is 0 Å². The molecular formula is C12H22O3. The van der Waals surface area contributed by atoms with E-state index in [-0.39, 0.29) is 35.7 Å². The summed E-state index contributed by atoms with van der Waals surface area (Å²) < 4.78 is 5.42. The summed E-state index contributed by atoms with van der Waals surface area (Å²) in [6.07, 6.45) is -0.473. The average Bonchev–Trinajstić information content (AvgIpc) is 2.80. The average molecular weight is 214 g/mol. The van der Waals surface area contributed by atoms with Crippen LogP contribution in [0.15, 0.2) is 0 Å². The highest BCUT2D eigenvalue weighted by atomic mass is 16.6. The molecule has 0 aromatic rings. The zero-order valence-electron chi connectivity index (χ0n) is 10.3. The molecule has 1 N–H and O–H groups in total. The normalized spacial score (nSPS) is 27.9. The van der Waals surface area contributed by atoms with E-state index in [4.69, 9.17) is 4.74 Å². The largest absolute Gasteiger partial charge is 0.390 e. The Kier molecular flexibility index (Phi) is 3.56. The van der Waals surface area contributed by atoms with Crippen LogP contribution in [-0.4, -0.2) is 29.2 Å². The number of aliphatic hydroxyl groups excluding tert-OH is 1. The lowest BCUT2D eigenvalue weighted by atomic mass is 9.88. The standard InChI is InChI=1S/C12H22O3/c1-7(2)8(13)6-9(14)10-11(15-10)12(3,4)5/h7,9-11,14H,6H2,1-5H3/t9-,10-,11+/m1/s1. The van der Waals surface area contributed by atoms with E-state index in [9.17, 15) is 9.90 Å². The van der Waals surface area contributed by atoms with Gasteiger partial charge in [0.1, 0.15) is 11.9 Å². The summed E-state index contributed by atoms with van der Waals surface area (Å²) in [5.74, 6) is 0.0946. The maximum Gasteiger partial charge on any atom is 0.138 e. The van der Waals surface area contributed by atoms with E-state index in [0.29, 0.717) is 0 Å². The summed E-state index contributed by atoms with van der Waals surface area (Å²) in [4.78, 5) is 11.4. The molecule has 1 fully saturated rings. The number of carbonyl (C=O) groups is 1. The molecule has 3 heteroatoms. The van der Waals surface area contributed by atoms with Crippen molar-refractivity contribution in [1.29, 1.82) is 0 Å². The summed E-state index contributed by atoms with van der Waals surface area (Å²) in [5, 5.41) is 9.80. The molecule has 0 aliphatic carbocycles. The summed E-state index contributed by atoms with van der Waals surface area (Å²) >= 11 is 0. The first-order valence-corrected chi connectivity index (χ1v) is 5.59. The summed E-state index contributed by atoms with van der Waals surface area (Å²) in [6, 6.07) is 0. The first kappa shape index (κ1) is 12.7. The van der Waals surface area contributed by atoms with E-state index < -0.39 is 6.10 Å². The molecular weight excluding hydrogens is 192 g/mol. The number of hydrogen-bond acceptors (Lipinski definition) is 3. The van der Waals surface area contributed by atoms with Gasteiger partial charge < -0.3 is 9.84 Å². The Morgan fingerprint density at radius 2 is 1.93 bits per heavy atom. The fraction of sp³-hybridized carbons (Fsp3) is 0.917. The fourth-order valence-corrected chi connectivity index (χ4v) is 1.67. The van der Waals surface area contributed by atoms with E-state index in [2.05, 4.69) is 20.8 Å². The van der Waals surface area contributed by atoms with Crippen molar-refractivity contribution in [2.45, 2.75) is 59.4 Å². The topological polar surface area (TPSA) is 49.8 Å². The Morgan fingerprint density at radius 3 is 2.27 bits per heavy atom. The van der Waals surface area contributed by atoms with Crippen LogP contribution in [0.5, 0.6) is 0 Å². The molecule has 0 aromatic heterocycles. The Morgan fingerprint density at radius 1 is 1.40 bits per heavy atom. The highest BCUT2D eigenvalue weighted by molar-refractivity contribution is 5.80. The molecule has 1 saturated heterocycles. The number of carbonyl (C=O) groups excluding carboxylic acids is 1. The molecule has 1 heterocycles. The molecule has 0 unspecified atom stereocenters. The van der Waals surface area contributed by atoms with E-state index in [0.717, 1.165) is 0 Å². The van der Waals surface area contributed by atoms with Crippen molar-refractivity contribution in [3.05, 3.63) is 0 Å². The first-order chi connectivity index (χ1) is 6.73. The third-order valence-corrected chi connectivity index (χ3v) is 2.81. The van der Waals surface area contributed by atoms with Crippen LogP contribution in [0.25, 0.3) is 0 Å². The molecule has 3 nitrogen and oxygen atoms in total. The predicted molar refractivity (Wildman–Crippen MR) is 58.6 cm³/mol. The van der Waals surface area contributed by atoms with Crippen LogP contribution in [0.2, 0.25) is 0 Å².